The molecule has 1 aliphatic carbocycles. The Balaban J connectivity index is 1.73. The second-order valence-corrected chi connectivity index (χ2v) is 15.0. The minimum atomic E-state index is -0.851. The van der Waals surface area contributed by atoms with Crippen LogP contribution in [-0.4, -0.2) is 53.1 Å². The SMILES string of the molecule is CC(C)(C)OC(=O)Oc1ccc(C=N[C@H]2CCCC[C@@H]2NC(=O)N[C@@H](C(=O)NCc2ccccc2)C(C)(C)C)c(O)c1C(C)(C)C. The van der Waals surface area contributed by atoms with Gasteiger partial charge in [-0.15, -0.1) is 0 Å². The molecule has 0 heterocycles. The molecule has 0 bridgehead atoms. The number of hydrogen-bond donors (Lipinski definition) is 4. The number of aromatic hydroxyl groups is 1. The first-order valence-corrected chi connectivity index (χ1v) is 16.0. The molecule has 4 N–H and O–H groups in total. The summed E-state index contributed by atoms with van der Waals surface area (Å²) >= 11 is 0. The molecular formula is C36H52N4O6. The highest BCUT2D eigenvalue weighted by molar-refractivity contribution is 5.88. The van der Waals surface area contributed by atoms with E-state index in [9.17, 15) is 19.5 Å². The molecule has 1 saturated carbocycles. The summed E-state index contributed by atoms with van der Waals surface area (Å²) in [6.45, 7) is 17.1. The number of ether oxygens (including phenoxy) is 2. The monoisotopic (exact) mass is 636 g/mol. The van der Waals surface area contributed by atoms with Crippen LogP contribution in [0, 0.1) is 5.41 Å². The van der Waals surface area contributed by atoms with Crippen molar-refractivity contribution in [3.63, 3.8) is 0 Å². The molecule has 252 valence electrons. The van der Waals surface area contributed by atoms with Gasteiger partial charge in [0.05, 0.1) is 12.1 Å². The Bertz CT molecular complexity index is 1390. The number of rotatable bonds is 8. The Morgan fingerprint density at radius 2 is 1.61 bits per heavy atom. The first kappa shape index (κ1) is 36.4. The number of urea groups is 1. The van der Waals surface area contributed by atoms with Crippen molar-refractivity contribution in [1.29, 1.82) is 0 Å². The van der Waals surface area contributed by atoms with Gasteiger partial charge in [-0.05, 0) is 62.1 Å². The predicted molar refractivity (Wildman–Crippen MR) is 181 cm³/mol. The van der Waals surface area contributed by atoms with E-state index in [2.05, 4.69) is 16.0 Å². The van der Waals surface area contributed by atoms with Gasteiger partial charge in [0.1, 0.15) is 23.1 Å². The molecule has 0 unspecified atom stereocenters. The Labute approximate surface area is 273 Å². The van der Waals surface area contributed by atoms with Crippen molar-refractivity contribution in [3.05, 3.63) is 59.2 Å². The van der Waals surface area contributed by atoms with Gasteiger partial charge in [0.15, 0.2) is 0 Å². The molecular weight excluding hydrogens is 584 g/mol. The van der Waals surface area contributed by atoms with Crippen molar-refractivity contribution < 1.29 is 29.0 Å². The van der Waals surface area contributed by atoms with E-state index >= 15 is 0 Å². The highest BCUT2D eigenvalue weighted by Crippen LogP contribution is 2.40. The van der Waals surface area contributed by atoms with E-state index in [4.69, 9.17) is 14.5 Å². The van der Waals surface area contributed by atoms with Crippen molar-refractivity contribution in [3.8, 4) is 11.5 Å². The van der Waals surface area contributed by atoms with Gasteiger partial charge in [-0.25, -0.2) is 9.59 Å². The lowest BCUT2D eigenvalue weighted by Crippen LogP contribution is -2.58. The van der Waals surface area contributed by atoms with Gasteiger partial charge in [0.25, 0.3) is 0 Å². The Kier molecular flexibility index (Phi) is 11.9. The van der Waals surface area contributed by atoms with Crippen LogP contribution in [0.3, 0.4) is 0 Å². The summed E-state index contributed by atoms with van der Waals surface area (Å²) in [5, 5.41) is 20.2. The van der Waals surface area contributed by atoms with Crippen LogP contribution < -0.4 is 20.7 Å². The zero-order valence-electron chi connectivity index (χ0n) is 28.8. The van der Waals surface area contributed by atoms with E-state index in [-0.39, 0.29) is 29.5 Å². The zero-order valence-corrected chi connectivity index (χ0v) is 28.8. The maximum Gasteiger partial charge on any atom is 0.514 e. The maximum atomic E-state index is 13.2. The van der Waals surface area contributed by atoms with E-state index in [1.165, 1.54) is 0 Å². The Hall–Kier alpha value is -4.08. The van der Waals surface area contributed by atoms with Crippen molar-refractivity contribution in [2.24, 2.45) is 10.4 Å². The number of aliphatic imine (C=N–C) groups is 1. The molecule has 0 aromatic heterocycles. The van der Waals surface area contributed by atoms with E-state index in [1.807, 2.05) is 71.9 Å². The van der Waals surface area contributed by atoms with Crippen LogP contribution in [0.15, 0.2) is 47.5 Å². The number of hydrogen-bond acceptors (Lipinski definition) is 7. The minimum absolute atomic E-state index is 0.0371. The lowest BCUT2D eigenvalue weighted by molar-refractivity contribution is -0.125. The largest absolute Gasteiger partial charge is 0.514 e. The van der Waals surface area contributed by atoms with Crippen LogP contribution in [0.25, 0.3) is 0 Å². The van der Waals surface area contributed by atoms with Crippen LogP contribution in [0.4, 0.5) is 9.59 Å². The molecule has 0 aliphatic heterocycles. The van der Waals surface area contributed by atoms with E-state index in [0.29, 0.717) is 17.7 Å². The van der Waals surface area contributed by atoms with Gasteiger partial charge in [-0.1, -0.05) is 84.7 Å². The summed E-state index contributed by atoms with van der Waals surface area (Å²) in [4.78, 5) is 43.6. The number of phenols is 1. The Morgan fingerprint density at radius 1 is 0.957 bits per heavy atom. The summed E-state index contributed by atoms with van der Waals surface area (Å²) in [5.74, 6) is -0.0784. The highest BCUT2D eigenvalue weighted by atomic mass is 16.7. The third-order valence-corrected chi connectivity index (χ3v) is 7.67. The minimum Gasteiger partial charge on any atom is -0.507 e. The number of nitrogens with one attached hydrogen (secondary N) is 3. The standard InChI is InChI=1S/C36H52N4O6/c1-34(2,3)28-27(45-33(44)46-36(7,8)9)20-19-24(29(28)41)22-37-25-17-13-14-18-26(25)39-32(43)40-30(35(4,5)6)31(42)38-21-23-15-11-10-12-16-23/h10-12,15-16,19-20,22,25-26,30,41H,13-14,17-18,21H2,1-9H3,(H,38,42)(H2,39,40,43)/t25-,26-,30-/m0/s1. The van der Waals surface area contributed by atoms with Crippen molar-refractivity contribution >= 4 is 24.3 Å². The van der Waals surface area contributed by atoms with Gasteiger partial charge in [-0.3, -0.25) is 9.79 Å². The lowest BCUT2D eigenvalue weighted by atomic mass is 9.84. The molecule has 1 fully saturated rings. The summed E-state index contributed by atoms with van der Waals surface area (Å²) in [6, 6.07) is 11.2. The van der Waals surface area contributed by atoms with E-state index < -0.39 is 34.7 Å². The number of nitrogens with zero attached hydrogens (tertiary/aromatic N) is 1. The molecule has 2 aromatic rings. The molecule has 3 rings (SSSR count). The quantitative estimate of drug-likeness (QED) is 0.143. The molecule has 2 aromatic carbocycles. The predicted octanol–water partition coefficient (Wildman–Crippen LogP) is 6.76. The molecule has 10 nitrogen and oxygen atoms in total. The number of phenolic OH excluding ortho intramolecular Hbond substituents is 1. The van der Waals surface area contributed by atoms with Gasteiger partial charge >= 0.3 is 12.2 Å². The number of amides is 3. The topological polar surface area (TPSA) is 138 Å². The zero-order chi connectivity index (χ0) is 34.3. The molecule has 3 atom stereocenters. The second kappa shape index (κ2) is 15.0. The summed E-state index contributed by atoms with van der Waals surface area (Å²) in [7, 11) is 0. The number of benzene rings is 2. The molecule has 0 spiro atoms. The molecule has 46 heavy (non-hydrogen) atoms. The maximum absolute atomic E-state index is 13.2. The molecule has 0 radical (unpaired) electrons. The number of carbonyl (C=O) groups excluding carboxylic acids is 3. The van der Waals surface area contributed by atoms with Crippen LogP contribution in [0.5, 0.6) is 11.5 Å². The van der Waals surface area contributed by atoms with Crippen molar-refractivity contribution in [2.45, 2.75) is 124 Å². The summed E-state index contributed by atoms with van der Waals surface area (Å²) in [5.41, 5.74) is 0.0927. The van der Waals surface area contributed by atoms with Crippen molar-refractivity contribution in [1.82, 2.24) is 16.0 Å². The molecule has 1 aliphatic rings. The van der Waals surface area contributed by atoms with E-state index in [1.54, 1.807) is 39.1 Å². The van der Waals surface area contributed by atoms with Gasteiger partial charge < -0.3 is 30.5 Å². The van der Waals surface area contributed by atoms with Crippen LogP contribution in [-0.2, 0) is 21.5 Å². The summed E-state index contributed by atoms with van der Waals surface area (Å²) in [6.07, 6.45) is 4.14. The first-order chi connectivity index (χ1) is 21.3. The van der Waals surface area contributed by atoms with Crippen LogP contribution in [0.2, 0.25) is 0 Å². The van der Waals surface area contributed by atoms with E-state index in [0.717, 1.165) is 31.2 Å². The average Bonchev–Trinajstić information content (AvgIpc) is 2.93. The molecule has 0 saturated heterocycles. The van der Waals surface area contributed by atoms with Crippen LogP contribution in [0.1, 0.15) is 105 Å². The van der Waals surface area contributed by atoms with Gasteiger partial charge in [0.2, 0.25) is 5.91 Å². The Morgan fingerprint density at radius 3 is 2.22 bits per heavy atom. The summed E-state index contributed by atoms with van der Waals surface area (Å²) < 4.78 is 10.8. The fraction of sp³-hybridized carbons (Fsp3) is 0.556. The van der Waals surface area contributed by atoms with Crippen molar-refractivity contribution in [2.75, 3.05) is 0 Å². The lowest BCUT2D eigenvalue weighted by Gasteiger charge is -2.33. The van der Waals surface area contributed by atoms with Crippen LogP contribution >= 0.6 is 0 Å². The fourth-order valence-corrected chi connectivity index (χ4v) is 5.40. The van der Waals surface area contributed by atoms with Gasteiger partial charge in [-0.2, -0.15) is 0 Å². The first-order valence-electron chi connectivity index (χ1n) is 16.0. The normalized spacial score (nSPS) is 18.0. The average molecular weight is 637 g/mol. The highest BCUT2D eigenvalue weighted by Gasteiger charge is 2.34. The number of carbonyl (C=O) groups is 3. The van der Waals surface area contributed by atoms with Gasteiger partial charge in [0, 0.05) is 23.9 Å². The third-order valence-electron chi connectivity index (χ3n) is 7.67. The third kappa shape index (κ3) is 10.8. The smallest absolute Gasteiger partial charge is 0.507 e. The fourth-order valence-electron chi connectivity index (χ4n) is 5.40. The molecule has 10 heteroatoms. The second-order valence-electron chi connectivity index (χ2n) is 15.0. The molecule has 3 amide bonds.